The van der Waals surface area contributed by atoms with Crippen LogP contribution in [-0.4, -0.2) is 34.1 Å². The summed E-state index contributed by atoms with van der Waals surface area (Å²) in [5.41, 5.74) is -0.675. The maximum Gasteiger partial charge on any atom is 0.324 e. The molecule has 1 saturated heterocycles. The van der Waals surface area contributed by atoms with Gasteiger partial charge >= 0.3 is 5.97 Å². The van der Waals surface area contributed by atoms with Gasteiger partial charge in [0, 0.05) is 12.5 Å². The molecule has 4 nitrogen and oxygen atoms in total. The fourth-order valence-corrected chi connectivity index (χ4v) is 3.13. The molecule has 2 rings (SSSR count). The summed E-state index contributed by atoms with van der Waals surface area (Å²) in [7, 11) is 0. The van der Waals surface area contributed by atoms with Crippen molar-refractivity contribution in [1.82, 2.24) is 4.90 Å². The number of likely N-dealkylation sites (tertiary alicyclic amines) is 1. The van der Waals surface area contributed by atoms with Crippen molar-refractivity contribution in [2.45, 2.75) is 51.1 Å². The summed E-state index contributed by atoms with van der Waals surface area (Å²) in [6.45, 7) is 4.91. The summed E-state index contributed by atoms with van der Waals surface area (Å²) in [5, 5.41) is 9.54. The summed E-state index contributed by atoms with van der Waals surface area (Å²) >= 11 is 0. The van der Waals surface area contributed by atoms with E-state index >= 15 is 0 Å². The summed E-state index contributed by atoms with van der Waals surface area (Å²) in [6, 6.07) is 4.01. The molecule has 0 aliphatic carbocycles. The molecule has 0 amide bonds. The van der Waals surface area contributed by atoms with Crippen molar-refractivity contribution in [2.24, 2.45) is 0 Å². The molecule has 2 heterocycles. The predicted octanol–water partition coefficient (Wildman–Crippen LogP) is 2.54. The molecule has 100 valence electrons. The van der Waals surface area contributed by atoms with E-state index in [9.17, 15) is 9.90 Å². The SMILES string of the molecule is CCC1(C(=O)O)CCCN1C(C)Cc1ccco1. The number of hydrogen-bond donors (Lipinski definition) is 1. The standard InChI is InChI=1S/C14H21NO3/c1-3-14(13(16)17)7-5-8-15(14)11(2)10-12-6-4-9-18-12/h4,6,9,11H,3,5,7-8,10H2,1-2H3,(H,16,17). The van der Waals surface area contributed by atoms with Crippen LogP contribution < -0.4 is 0 Å². The summed E-state index contributed by atoms with van der Waals surface area (Å²) in [5.74, 6) is 0.235. The minimum Gasteiger partial charge on any atom is -0.480 e. The van der Waals surface area contributed by atoms with E-state index in [0.717, 1.165) is 31.6 Å². The zero-order valence-corrected chi connectivity index (χ0v) is 11.1. The second-order valence-corrected chi connectivity index (χ2v) is 5.12. The highest BCUT2D eigenvalue weighted by molar-refractivity contribution is 5.79. The van der Waals surface area contributed by atoms with Gasteiger partial charge in [-0.2, -0.15) is 0 Å². The van der Waals surface area contributed by atoms with E-state index in [0.29, 0.717) is 6.42 Å². The lowest BCUT2D eigenvalue weighted by molar-refractivity contribution is -0.151. The monoisotopic (exact) mass is 251 g/mol. The van der Waals surface area contributed by atoms with Gasteiger partial charge in [0.1, 0.15) is 11.3 Å². The minimum absolute atomic E-state index is 0.190. The lowest BCUT2D eigenvalue weighted by atomic mass is 9.91. The van der Waals surface area contributed by atoms with Crippen LogP contribution >= 0.6 is 0 Å². The third-order valence-electron chi connectivity index (χ3n) is 4.13. The first-order valence-corrected chi connectivity index (χ1v) is 6.62. The predicted molar refractivity (Wildman–Crippen MR) is 68.5 cm³/mol. The maximum atomic E-state index is 11.6. The second-order valence-electron chi connectivity index (χ2n) is 5.12. The number of carboxylic acid groups (broad SMARTS) is 1. The lowest BCUT2D eigenvalue weighted by Crippen LogP contribution is -2.54. The van der Waals surface area contributed by atoms with Crippen LogP contribution in [0.15, 0.2) is 22.8 Å². The summed E-state index contributed by atoms with van der Waals surface area (Å²) < 4.78 is 5.35. The van der Waals surface area contributed by atoms with Gasteiger partial charge in [0.05, 0.1) is 6.26 Å². The molecule has 4 heteroatoms. The zero-order chi connectivity index (χ0) is 13.2. The highest BCUT2D eigenvalue weighted by Crippen LogP contribution is 2.35. The third kappa shape index (κ3) is 2.17. The Kier molecular flexibility index (Phi) is 3.76. The van der Waals surface area contributed by atoms with Crippen LogP contribution in [0.4, 0.5) is 0 Å². The molecule has 0 bridgehead atoms. The molecule has 0 aromatic carbocycles. The van der Waals surface area contributed by atoms with E-state index in [1.165, 1.54) is 0 Å². The molecule has 1 aliphatic rings. The van der Waals surface area contributed by atoms with Crippen molar-refractivity contribution >= 4 is 5.97 Å². The summed E-state index contributed by atoms with van der Waals surface area (Å²) in [4.78, 5) is 13.7. The molecule has 1 aromatic rings. The topological polar surface area (TPSA) is 53.7 Å². The first kappa shape index (κ1) is 13.1. The fourth-order valence-electron chi connectivity index (χ4n) is 3.13. The van der Waals surface area contributed by atoms with Gasteiger partial charge in [0.2, 0.25) is 0 Å². The first-order chi connectivity index (χ1) is 8.60. The fraction of sp³-hybridized carbons (Fsp3) is 0.643. The normalized spacial score (nSPS) is 26.3. The van der Waals surface area contributed by atoms with Crippen molar-refractivity contribution in [2.75, 3.05) is 6.54 Å². The van der Waals surface area contributed by atoms with Crippen LogP contribution in [0.2, 0.25) is 0 Å². The first-order valence-electron chi connectivity index (χ1n) is 6.62. The largest absolute Gasteiger partial charge is 0.480 e. The van der Waals surface area contributed by atoms with Crippen LogP contribution in [0, 0.1) is 0 Å². The molecule has 1 aliphatic heterocycles. The average molecular weight is 251 g/mol. The number of furan rings is 1. The van der Waals surface area contributed by atoms with Gasteiger partial charge in [0.25, 0.3) is 0 Å². The van der Waals surface area contributed by atoms with Gasteiger partial charge in [-0.3, -0.25) is 9.69 Å². The molecular weight excluding hydrogens is 230 g/mol. The molecule has 2 unspecified atom stereocenters. The molecule has 1 N–H and O–H groups in total. The van der Waals surface area contributed by atoms with E-state index < -0.39 is 11.5 Å². The number of rotatable bonds is 5. The van der Waals surface area contributed by atoms with Crippen LogP contribution in [-0.2, 0) is 11.2 Å². The Morgan fingerprint density at radius 1 is 1.67 bits per heavy atom. The summed E-state index contributed by atoms with van der Waals surface area (Å²) in [6.07, 6.45) is 4.80. The zero-order valence-electron chi connectivity index (χ0n) is 11.1. The van der Waals surface area contributed by atoms with Crippen molar-refractivity contribution < 1.29 is 14.3 Å². The molecule has 1 aromatic heterocycles. The third-order valence-corrected chi connectivity index (χ3v) is 4.13. The molecule has 0 spiro atoms. The van der Waals surface area contributed by atoms with Crippen LogP contribution in [0.3, 0.4) is 0 Å². The van der Waals surface area contributed by atoms with Gasteiger partial charge in [-0.15, -0.1) is 0 Å². The van der Waals surface area contributed by atoms with Crippen LogP contribution in [0.5, 0.6) is 0 Å². The lowest BCUT2D eigenvalue weighted by Gasteiger charge is -2.38. The maximum absolute atomic E-state index is 11.6. The molecule has 0 saturated carbocycles. The Morgan fingerprint density at radius 2 is 2.44 bits per heavy atom. The van der Waals surface area contributed by atoms with E-state index in [4.69, 9.17) is 4.42 Å². The molecule has 2 atom stereocenters. The van der Waals surface area contributed by atoms with Crippen molar-refractivity contribution in [3.63, 3.8) is 0 Å². The second kappa shape index (κ2) is 5.14. The number of nitrogens with zero attached hydrogens (tertiary/aromatic N) is 1. The average Bonchev–Trinajstić information content (AvgIpc) is 2.96. The molecule has 1 fully saturated rings. The smallest absolute Gasteiger partial charge is 0.324 e. The van der Waals surface area contributed by atoms with E-state index in [1.54, 1.807) is 6.26 Å². The number of aliphatic carboxylic acids is 1. The van der Waals surface area contributed by atoms with Gasteiger partial charge in [-0.1, -0.05) is 6.92 Å². The van der Waals surface area contributed by atoms with E-state index in [1.807, 2.05) is 19.1 Å². The van der Waals surface area contributed by atoms with Gasteiger partial charge < -0.3 is 9.52 Å². The highest BCUT2D eigenvalue weighted by Gasteiger charge is 2.47. The molecule has 18 heavy (non-hydrogen) atoms. The Morgan fingerprint density at radius 3 is 3.00 bits per heavy atom. The van der Waals surface area contributed by atoms with Crippen molar-refractivity contribution in [1.29, 1.82) is 0 Å². The Bertz CT molecular complexity index is 401. The minimum atomic E-state index is -0.686. The Labute approximate surface area is 108 Å². The Balaban J connectivity index is 2.13. The van der Waals surface area contributed by atoms with Gasteiger partial charge in [-0.25, -0.2) is 0 Å². The van der Waals surface area contributed by atoms with E-state index in [-0.39, 0.29) is 6.04 Å². The van der Waals surface area contributed by atoms with Crippen molar-refractivity contribution in [3.05, 3.63) is 24.2 Å². The molecule has 0 radical (unpaired) electrons. The number of carboxylic acids is 1. The van der Waals surface area contributed by atoms with Gasteiger partial charge in [0.15, 0.2) is 0 Å². The quantitative estimate of drug-likeness (QED) is 0.873. The van der Waals surface area contributed by atoms with Crippen LogP contribution in [0.1, 0.15) is 38.9 Å². The Hall–Kier alpha value is -1.29. The van der Waals surface area contributed by atoms with Crippen molar-refractivity contribution in [3.8, 4) is 0 Å². The number of hydrogen-bond acceptors (Lipinski definition) is 3. The van der Waals surface area contributed by atoms with Crippen LogP contribution in [0.25, 0.3) is 0 Å². The van der Waals surface area contributed by atoms with Gasteiger partial charge in [-0.05, 0) is 44.9 Å². The number of carbonyl (C=O) groups is 1. The molecular formula is C14H21NO3. The van der Waals surface area contributed by atoms with E-state index in [2.05, 4.69) is 11.8 Å². The highest BCUT2D eigenvalue weighted by atomic mass is 16.4.